The van der Waals surface area contributed by atoms with E-state index in [-0.39, 0.29) is 30.0 Å². The van der Waals surface area contributed by atoms with E-state index in [9.17, 15) is 0 Å². The Morgan fingerprint density at radius 1 is 1.20 bits per heavy atom. The van der Waals surface area contributed by atoms with E-state index in [0.29, 0.717) is 0 Å². The molecule has 3 aromatic rings. The molecule has 7 nitrogen and oxygen atoms in total. The Labute approximate surface area is 196 Å². The fourth-order valence-electron chi connectivity index (χ4n) is 3.43. The number of aliphatic imine (C=N–C) groups is 1. The number of hydrogen-bond donors (Lipinski definition) is 2. The van der Waals surface area contributed by atoms with Gasteiger partial charge in [-0.1, -0.05) is 18.2 Å². The summed E-state index contributed by atoms with van der Waals surface area (Å²) in [5.74, 6) is 0.812. The predicted octanol–water partition coefficient (Wildman–Crippen LogP) is 3.18. The van der Waals surface area contributed by atoms with Gasteiger partial charge in [0.05, 0.1) is 17.6 Å². The van der Waals surface area contributed by atoms with Crippen molar-refractivity contribution in [1.29, 1.82) is 0 Å². The summed E-state index contributed by atoms with van der Waals surface area (Å²) in [7, 11) is 3.79. The van der Waals surface area contributed by atoms with Crippen LogP contribution in [0.5, 0.6) is 0 Å². The molecule has 0 amide bonds. The highest BCUT2D eigenvalue weighted by Crippen LogP contribution is 2.14. The number of rotatable bonds is 7. The number of aryl methyl sites for hydroxylation is 2. The molecule has 2 heterocycles. The maximum absolute atomic E-state index is 4.51. The smallest absolute Gasteiger partial charge is 0.191 e. The lowest BCUT2D eigenvalue weighted by atomic mass is 10.1. The van der Waals surface area contributed by atoms with Gasteiger partial charge in [-0.25, -0.2) is 4.68 Å². The molecule has 0 fully saturated rings. The molecular formula is C22H32IN7. The molecule has 0 aliphatic heterocycles. The van der Waals surface area contributed by atoms with Gasteiger partial charge in [0.15, 0.2) is 5.96 Å². The summed E-state index contributed by atoms with van der Waals surface area (Å²) >= 11 is 0. The standard InChI is InChI=1S/C22H31N7.HI/c1-16(13-21-17(2)27-28(5)18(21)3)26-22(23-4)24-12-11-19-14-25-29(15-19)20-9-7-6-8-10-20;/h6-10,14-16H,11-13H2,1-5H3,(H2,23,24,26);1H. The highest BCUT2D eigenvalue weighted by molar-refractivity contribution is 14.0. The van der Waals surface area contributed by atoms with Crippen molar-refractivity contribution in [2.45, 2.75) is 39.7 Å². The molecule has 0 spiro atoms. The van der Waals surface area contributed by atoms with Gasteiger partial charge in [-0.05, 0) is 56.9 Å². The molecule has 0 aliphatic rings. The van der Waals surface area contributed by atoms with Gasteiger partial charge in [-0.15, -0.1) is 24.0 Å². The monoisotopic (exact) mass is 521 g/mol. The Morgan fingerprint density at radius 2 is 1.93 bits per heavy atom. The third-order valence-corrected chi connectivity index (χ3v) is 5.14. The van der Waals surface area contributed by atoms with E-state index in [2.05, 4.69) is 52.8 Å². The molecule has 0 saturated heterocycles. The molecule has 0 radical (unpaired) electrons. The zero-order valence-corrected chi connectivity index (χ0v) is 20.7. The van der Waals surface area contributed by atoms with Gasteiger partial charge in [0.1, 0.15) is 0 Å². The third-order valence-electron chi connectivity index (χ3n) is 5.14. The van der Waals surface area contributed by atoms with Gasteiger partial charge in [-0.2, -0.15) is 10.2 Å². The molecule has 3 rings (SSSR count). The summed E-state index contributed by atoms with van der Waals surface area (Å²) in [4.78, 5) is 4.36. The number of benzene rings is 1. The van der Waals surface area contributed by atoms with Crippen molar-refractivity contribution in [3.63, 3.8) is 0 Å². The average Bonchev–Trinajstić information content (AvgIpc) is 3.28. The van der Waals surface area contributed by atoms with E-state index in [1.165, 1.54) is 16.8 Å². The van der Waals surface area contributed by atoms with E-state index in [1.54, 1.807) is 7.05 Å². The zero-order valence-electron chi connectivity index (χ0n) is 18.4. The van der Waals surface area contributed by atoms with Crippen molar-refractivity contribution >= 4 is 29.9 Å². The van der Waals surface area contributed by atoms with Gasteiger partial charge in [0, 0.05) is 38.6 Å². The highest BCUT2D eigenvalue weighted by Gasteiger charge is 2.14. The zero-order chi connectivity index (χ0) is 20.8. The first kappa shape index (κ1) is 23.9. The first-order valence-electron chi connectivity index (χ1n) is 10.0. The molecule has 1 unspecified atom stereocenters. The Morgan fingerprint density at radius 3 is 2.57 bits per heavy atom. The van der Waals surface area contributed by atoms with Crippen molar-refractivity contribution in [1.82, 2.24) is 30.2 Å². The number of halogens is 1. The van der Waals surface area contributed by atoms with Crippen LogP contribution in [0.3, 0.4) is 0 Å². The minimum absolute atomic E-state index is 0. The first-order valence-corrected chi connectivity index (χ1v) is 10.0. The van der Waals surface area contributed by atoms with Crippen LogP contribution < -0.4 is 10.6 Å². The molecule has 0 saturated carbocycles. The minimum Gasteiger partial charge on any atom is -0.356 e. The number of para-hydroxylation sites is 1. The molecular weight excluding hydrogens is 489 g/mol. The maximum atomic E-state index is 4.51. The predicted molar refractivity (Wildman–Crippen MR) is 133 cm³/mol. The lowest BCUT2D eigenvalue weighted by Gasteiger charge is -2.18. The number of nitrogens with zero attached hydrogens (tertiary/aromatic N) is 5. The number of hydrogen-bond acceptors (Lipinski definition) is 3. The van der Waals surface area contributed by atoms with Gasteiger partial charge < -0.3 is 10.6 Å². The Hall–Kier alpha value is -2.36. The van der Waals surface area contributed by atoms with Crippen LogP contribution in [-0.2, 0) is 19.9 Å². The SMILES string of the molecule is CN=C(NCCc1cnn(-c2ccccc2)c1)NC(C)Cc1c(C)nn(C)c1C.I. The Kier molecular flexibility index (Phi) is 8.88. The van der Waals surface area contributed by atoms with Crippen LogP contribution in [0.25, 0.3) is 5.69 Å². The second-order valence-corrected chi connectivity index (χ2v) is 7.40. The summed E-state index contributed by atoms with van der Waals surface area (Å²) in [6, 6.07) is 10.4. The molecule has 8 heteroatoms. The molecule has 1 aromatic carbocycles. The topological polar surface area (TPSA) is 72.1 Å². The number of guanidine groups is 1. The van der Waals surface area contributed by atoms with E-state index in [1.807, 2.05) is 52.9 Å². The Bertz CT molecular complexity index is 959. The van der Waals surface area contributed by atoms with E-state index >= 15 is 0 Å². The molecule has 2 N–H and O–H groups in total. The van der Waals surface area contributed by atoms with Crippen molar-refractivity contribution in [2.24, 2.45) is 12.0 Å². The average molecular weight is 521 g/mol. The fraction of sp³-hybridized carbons (Fsp3) is 0.409. The van der Waals surface area contributed by atoms with Crippen LogP contribution in [0.15, 0.2) is 47.7 Å². The van der Waals surface area contributed by atoms with Crippen molar-refractivity contribution in [3.05, 3.63) is 65.2 Å². The van der Waals surface area contributed by atoms with Crippen LogP contribution in [-0.4, -0.2) is 45.2 Å². The number of aromatic nitrogens is 4. The van der Waals surface area contributed by atoms with Gasteiger partial charge in [-0.3, -0.25) is 9.67 Å². The van der Waals surface area contributed by atoms with Crippen molar-refractivity contribution < 1.29 is 0 Å². The van der Waals surface area contributed by atoms with Gasteiger partial charge in [0.2, 0.25) is 0 Å². The second kappa shape index (κ2) is 11.1. The van der Waals surface area contributed by atoms with Crippen LogP contribution in [0.1, 0.15) is 29.4 Å². The summed E-state index contributed by atoms with van der Waals surface area (Å²) in [6.45, 7) is 7.14. The van der Waals surface area contributed by atoms with E-state index in [4.69, 9.17) is 0 Å². The molecule has 1 atom stereocenters. The molecule has 2 aromatic heterocycles. The molecule has 162 valence electrons. The van der Waals surface area contributed by atoms with E-state index < -0.39 is 0 Å². The Balaban J connectivity index is 0.00000320. The molecule has 0 bridgehead atoms. The number of nitrogens with one attached hydrogen (secondary N) is 2. The molecule has 30 heavy (non-hydrogen) atoms. The van der Waals surface area contributed by atoms with Crippen LogP contribution in [0.4, 0.5) is 0 Å². The lowest BCUT2D eigenvalue weighted by Crippen LogP contribution is -2.43. The highest BCUT2D eigenvalue weighted by atomic mass is 127. The molecule has 0 aliphatic carbocycles. The van der Waals surface area contributed by atoms with Crippen molar-refractivity contribution in [3.8, 4) is 5.69 Å². The van der Waals surface area contributed by atoms with Crippen LogP contribution in [0, 0.1) is 13.8 Å². The van der Waals surface area contributed by atoms with Gasteiger partial charge >= 0.3 is 0 Å². The summed E-state index contributed by atoms with van der Waals surface area (Å²) < 4.78 is 3.85. The summed E-state index contributed by atoms with van der Waals surface area (Å²) in [6.07, 6.45) is 5.78. The first-order chi connectivity index (χ1) is 14.0. The van der Waals surface area contributed by atoms with Crippen molar-refractivity contribution in [2.75, 3.05) is 13.6 Å². The minimum atomic E-state index is 0. The fourth-order valence-corrected chi connectivity index (χ4v) is 3.43. The third kappa shape index (κ3) is 6.07. The van der Waals surface area contributed by atoms with E-state index in [0.717, 1.165) is 36.7 Å². The normalized spacial score (nSPS) is 12.4. The largest absolute Gasteiger partial charge is 0.356 e. The quantitative estimate of drug-likeness (QED) is 0.285. The van der Waals surface area contributed by atoms with Crippen LogP contribution in [0.2, 0.25) is 0 Å². The van der Waals surface area contributed by atoms with Crippen LogP contribution >= 0.6 is 24.0 Å². The van der Waals surface area contributed by atoms with Gasteiger partial charge in [0.25, 0.3) is 0 Å². The summed E-state index contributed by atoms with van der Waals surface area (Å²) in [5, 5.41) is 15.8. The maximum Gasteiger partial charge on any atom is 0.191 e. The lowest BCUT2D eigenvalue weighted by molar-refractivity contribution is 0.635. The second-order valence-electron chi connectivity index (χ2n) is 7.40. The summed E-state index contributed by atoms with van der Waals surface area (Å²) in [5.41, 5.74) is 5.87.